The second kappa shape index (κ2) is 9.94. The van der Waals surface area contributed by atoms with E-state index in [4.69, 9.17) is 0 Å². The highest BCUT2D eigenvalue weighted by molar-refractivity contribution is 7.89. The van der Waals surface area contributed by atoms with Crippen molar-refractivity contribution in [3.05, 3.63) is 48.0 Å². The second-order valence-electron chi connectivity index (χ2n) is 8.73. The van der Waals surface area contributed by atoms with Gasteiger partial charge in [-0.1, -0.05) is 30.6 Å². The van der Waals surface area contributed by atoms with Crippen LogP contribution in [0.25, 0.3) is 10.2 Å². The molecular weight excluding hydrogens is 508 g/mol. The molecule has 4 rings (SSSR count). The number of hydrogen-bond acceptors (Lipinski definition) is 7. The summed E-state index contributed by atoms with van der Waals surface area (Å²) in [5.41, 5.74) is 0.856. The van der Waals surface area contributed by atoms with Crippen molar-refractivity contribution in [2.45, 2.75) is 47.9 Å². The Hall–Kier alpha value is -2.38. The number of fused-ring (bicyclic) bond motifs is 1. The fourth-order valence-corrected chi connectivity index (χ4v) is 7.40. The lowest BCUT2D eigenvalue weighted by atomic mass is 9.96. The number of anilines is 1. The third-order valence-electron chi connectivity index (χ3n) is 6.24. The number of nitrogens with zero attached hydrogens (tertiary/aromatic N) is 3. The van der Waals surface area contributed by atoms with E-state index in [1.54, 1.807) is 13.1 Å². The molecule has 0 unspecified atom stereocenters. The van der Waals surface area contributed by atoms with E-state index in [0.717, 1.165) is 47.7 Å². The highest BCUT2D eigenvalue weighted by Gasteiger charge is 2.29. The molecule has 3 aromatic rings. The van der Waals surface area contributed by atoms with E-state index in [2.05, 4.69) is 10.3 Å². The van der Waals surface area contributed by atoms with Crippen LogP contribution in [0.15, 0.2) is 52.3 Å². The zero-order valence-corrected chi connectivity index (χ0v) is 22.2. The molecule has 2 aromatic carbocycles. The van der Waals surface area contributed by atoms with Crippen molar-refractivity contribution in [2.75, 3.05) is 26.5 Å². The molecule has 0 saturated heterocycles. The maximum absolute atomic E-state index is 13.0. The summed E-state index contributed by atoms with van der Waals surface area (Å²) < 4.78 is 54.0. The quantitative estimate of drug-likeness (QED) is 0.492. The Morgan fingerprint density at radius 3 is 2.17 bits per heavy atom. The van der Waals surface area contributed by atoms with Crippen LogP contribution in [0.4, 0.5) is 5.13 Å². The van der Waals surface area contributed by atoms with E-state index in [9.17, 15) is 21.6 Å². The Balaban J connectivity index is 1.49. The molecule has 0 aliphatic heterocycles. The lowest BCUT2D eigenvalue weighted by molar-refractivity contribution is 0.102. The van der Waals surface area contributed by atoms with Crippen molar-refractivity contribution in [3.8, 4) is 0 Å². The van der Waals surface area contributed by atoms with E-state index < -0.39 is 26.0 Å². The van der Waals surface area contributed by atoms with Gasteiger partial charge in [0.2, 0.25) is 20.0 Å². The summed E-state index contributed by atoms with van der Waals surface area (Å²) in [5, 5.41) is 3.03. The van der Waals surface area contributed by atoms with Gasteiger partial charge in [-0.25, -0.2) is 26.1 Å². The molecule has 9 nitrogen and oxygen atoms in total. The molecule has 1 fully saturated rings. The Labute approximate surface area is 209 Å². The van der Waals surface area contributed by atoms with Crippen molar-refractivity contribution < 1.29 is 21.6 Å². The Bertz CT molecular complexity index is 1440. The number of aromatic nitrogens is 1. The molecule has 35 heavy (non-hydrogen) atoms. The first-order valence-corrected chi connectivity index (χ1v) is 14.9. The summed E-state index contributed by atoms with van der Waals surface area (Å²) in [7, 11) is -2.68. The number of carbonyl (C=O) groups is 1. The van der Waals surface area contributed by atoms with Gasteiger partial charge in [0.25, 0.3) is 5.91 Å². The normalized spacial score (nSPS) is 15.7. The fraction of sp³-hybridized carbons (Fsp3) is 0.391. The molecule has 188 valence electrons. The van der Waals surface area contributed by atoms with E-state index in [1.807, 2.05) is 0 Å². The highest BCUT2D eigenvalue weighted by Crippen LogP contribution is 2.30. The highest BCUT2D eigenvalue weighted by atomic mass is 32.2. The standard InChI is InChI=1S/C23H28N4O5S3/c1-26(2)34(29,30)19-13-14-20-21(15-19)33-23(24-20)25-22(28)16-9-11-18(12-10-16)35(31,32)27(3)17-7-5-4-6-8-17/h9-15,17H,4-8H2,1-3H3,(H,24,25,28). The van der Waals surface area contributed by atoms with Crippen molar-refractivity contribution >= 4 is 52.6 Å². The fourth-order valence-electron chi connectivity index (χ4n) is 4.08. The molecule has 0 radical (unpaired) electrons. The molecule has 1 aromatic heterocycles. The SMILES string of the molecule is CN(C)S(=O)(=O)c1ccc2nc(NC(=O)c3ccc(S(=O)(=O)N(C)C4CCCCC4)cc3)sc2c1. The number of benzene rings is 2. The van der Waals surface area contributed by atoms with Crippen molar-refractivity contribution in [3.63, 3.8) is 0 Å². The van der Waals surface area contributed by atoms with Gasteiger partial charge in [0, 0.05) is 32.7 Å². The third kappa shape index (κ3) is 5.26. The second-order valence-corrected chi connectivity index (χ2v) is 13.9. The lowest BCUT2D eigenvalue weighted by Gasteiger charge is -2.30. The van der Waals surface area contributed by atoms with Gasteiger partial charge in [-0.15, -0.1) is 0 Å². The third-order valence-corrected chi connectivity index (χ3v) is 10.9. The summed E-state index contributed by atoms with van der Waals surface area (Å²) in [4.78, 5) is 17.4. The van der Waals surface area contributed by atoms with E-state index in [-0.39, 0.29) is 15.8 Å². The number of hydrogen-bond donors (Lipinski definition) is 1. The van der Waals surface area contributed by atoms with Crippen LogP contribution in [-0.2, 0) is 20.0 Å². The van der Waals surface area contributed by atoms with Gasteiger partial charge in [-0.2, -0.15) is 4.31 Å². The summed E-state index contributed by atoms with van der Waals surface area (Å²) in [6, 6.07) is 10.5. The minimum Gasteiger partial charge on any atom is -0.298 e. The smallest absolute Gasteiger partial charge is 0.257 e. The summed E-state index contributed by atoms with van der Waals surface area (Å²) in [5.74, 6) is -0.435. The van der Waals surface area contributed by atoms with Gasteiger partial charge in [0.1, 0.15) is 0 Å². The van der Waals surface area contributed by atoms with Crippen LogP contribution in [0.3, 0.4) is 0 Å². The Morgan fingerprint density at radius 2 is 1.54 bits per heavy atom. The van der Waals surface area contributed by atoms with Gasteiger partial charge >= 0.3 is 0 Å². The summed E-state index contributed by atoms with van der Waals surface area (Å²) >= 11 is 1.16. The molecule has 1 saturated carbocycles. The van der Waals surface area contributed by atoms with E-state index in [1.165, 1.54) is 54.8 Å². The van der Waals surface area contributed by atoms with Crippen LogP contribution in [0, 0.1) is 0 Å². The maximum Gasteiger partial charge on any atom is 0.257 e. The zero-order chi connectivity index (χ0) is 25.4. The van der Waals surface area contributed by atoms with Gasteiger partial charge in [0.15, 0.2) is 5.13 Å². The van der Waals surface area contributed by atoms with E-state index >= 15 is 0 Å². The van der Waals surface area contributed by atoms with Crippen LogP contribution >= 0.6 is 11.3 Å². The van der Waals surface area contributed by atoms with Crippen molar-refractivity contribution in [1.29, 1.82) is 0 Å². The van der Waals surface area contributed by atoms with Crippen LogP contribution in [0.2, 0.25) is 0 Å². The van der Waals surface area contributed by atoms with Crippen molar-refractivity contribution in [2.24, 2.45) is 0 Å². The maximum atomic E-state index is 13.0. The molecule has 1 N–H and O–H groups in total. The first-order valence-electron chi connectivity index (χ1n) is 11.2. The van der Waals surface area contributed by atoms with Crippen LogP contribution in [0.1, 0.15) is 42.5 Å². The Kier molecular flexibility index (Phi) is 7.30. The van der Waals surface area contributed by atoms with Gasteiger partial charge in [-0.05, 0) is 55.3 Å². The molecule has 1 amide bonds. The topological polar surface area (TPSA) is 117 Å². The minimum atomic E-state index is -3.64. The van der Waals surface area contributed by atoms with Crippen LogP contribution in [0.5, 0.6) is 0 Å². The molecular formula is C23H28N4O5S3. The number of carbonyl (C=O) groups excluding carboxylic acids is 1. The number of amides is 1. The zero-order valence-electron chi connectivity index (χ0n) is 19.8. The molecule has 1 aliphatic carbocycles. The average molecular weight is 537 g/mol. The van der Waals surface area contributed by atoms with Gasteiger partial charge < -0.3 is 0 Å². The number of nitrogens with one attached hydrogen (secondary N) is 1. The summed E-state index contributed by atoms with van der Waals surface area (Å²) in [6.45, 7) is 0. The minimum absolute atomic E-state index is 0.00369. The Morgan fingerprint density at radius 1 is 0.914 bits per heavy atom. The lowest BCUT2D eigenvalue weighted by Crippen LogP contribution is -2.38. The monoisotopic (exact) mass is 536 g/mol. The van der Waals surface area contributed by atoms with Crippen molar-refractivity contribution in [1.82, 2.24) is 13.6 Å². The predicted octanol–water partition coefficient (Wildman–Crippen LogP) is 3.75. The average Bonchev–Trinajstić information content (AvgIpc) is 3.25. The number of thiazole rings is 1. The molecule has 12 heteroatoms. The van der Waals surface area contributed by atoms with Gasteiger partial charge in [-0.3, -0.25) is 10.1 Å². The largest absolute Gasteiger partial charge is 0.298 e. The molecule has 1 aliphatic rings. The molecule has 0 atom stereocenters. The van der Waals surface area contributed by atoms with Gasteiger partial charge in [0.05, 0.1) is 20.0 Å². The number of rotatable bonds is 7. The van der Waals surface area contributed by atoms with Crippen LogP contribution in [-0.4, -0.2) is 63.5 Å². The molecule has 1 heterocycles. The molecule has 0 spiro atoms. The predicted molar refractivity (Wildman–Crippen MR) is 137 cm³/mol. The first kappa shape index (κ1) is 25.7. The number of sulfonamides is 2. The molecule has 0 bridgehead atoms. The van der Waals surface area contributed by atoms with Crippen LogP contribution < -0.4 is 5.32 Å². The van der Waals surface area contributed by atoms with E-state index in [0.29, 0.717) is 20.9 Å². The first-order chi connectivity index (χ1) is 16.5. The summed E-state index contributed by atoms with van der Waals surface area (Å²) in [6.07, 6.45) is 4.92.